The number of ether oxygens (including phenoxy) is 2. The van der Waals surface area contributed by atoms with E-state index in [1.165, 1.54) is 18.4 Å². The van der Waals surface area contributed by atoms with Crippen molar-refractivity contribution in [3.63, 3.8) is 0 Å². The molecule has 5 rings (SSSR count). The third kappa shape index (κ3) is 4.92. The van der Waals surface area contributed by atoms with Crippen LogP contribution < -0.4 is 4.74 Å². The van der Waals surface area contributed by atoms with E-state index in [0.717, 1.165) is 35.8 Å². The highest BCUT2D eigenvalue weighted by Crippen LogP contribution is 2.57. The fourth-order valence-corrected chi connectivity index (χ4v) is 7.04. The van der Waals surface area contributed by atoms with Crippen LogP contribution in [-0.4, -0.2) is 53.9 Å². The van der Waals surface area contributed by atoms with Gasteiger partial charge in [0.2, 0.25) is 0 Å². The van der Waals surface area contributed by atoms with Gasteiger partial charge in [0.1, 0.15) is 24.6 Å². The fourth-order valence-electron chi connectivity index (χ4n) is 7.04. The molecule has 0 aromatic heterocycles. The van der Waals surface area contributed by atoms with E-state index in [1.807, 2.05) is 30.3 Å². The highest BCUT2D eigenvalue weighted by Gasteiger charge is 2.55. The van der Waals surface area contributed by atoms with Crippen LogP contribution in [0.4, 0.5) is 0 Å². The maximum absolute atomic E-state index is 13.1. The molecule has 1 heterocycles. The molecule has 6 atom stereocenters. The van der Waals surface area contributed by atoms with Gasteiger partial charge in [-0.1, -0.05) is 55.5 Å². The van der Waals surface area contributed by atoms with E-state index >= 15 is 0 Å². The molecule has 2 aliphatic carbocycles. The van der Waals surface area contributed by atoms with Crippen LogP contribution in [0.3, 0.4) is 0 Å². The molecule has 6 unspecified atom stereocenters. The number of hydrogen-bond acceptors (Lipinski definition) is 5. The van der Waals surface area contributed by atoms with E-state index in [1.54, 1.807) is 0 Å². The van der Waals surface area contributed by atoms with E-state index in [4.69, 9.17) is 9.47 Å². The van der Waals surface area contributed by atoms with Gasteiger partial charge < -0.3 is 14.6 Å². The number of esters is 1. The zero-order chi connectivity index (χ0) is 25.4. The number of benzene rings is 2. The van der Waals surface area contributed by atoms with Gasteiger partial charge in [-0.3, -0.25) is 9.69 Å². The average molecular weight is 492 g/mol. The van der Waals surface area contributed by atoms with Crippen molar-refractivity contribution in [1.82, 2.24) is 4.90 Å². The Labute approximate surface area is 215 Å². The molecule has 5 heteroatoms. The SMILES string of the molecule is C=C1CCCC2(C)CC3OC(=O)C(CN(CC(O)COc4cccc5ccccc45)C(C)C)C3CC12. The van der Waals surface area contributed by atoms with Crippen LogP contribution in [0.15, 0.2) is 54.6 Å². The number of carbonyl (C=O) groups is 1. The zero-order valence-corrected chi connectivity index (χ0v) is 22.0. The third-order valence-corrected chi connectivity index (χ3v) is 9.11. The molecule has 0 bridgehead atoms. The Hall–Kier alpha value is -2.37. The number of aliphatic hydroxyl groups excluding tert-OH is 1. The summed E-state index contributed by atoms with van der Waals surface area (Å²) in [7, 11) is 0. The molecule has 36 heavy (non-hydrogen) atoms. The molecule has 2 aromatic carbocycles. The maximum Gasteiger partial charge on any atom is 0.310 e. The van der Waals surface area contributed by atoms with E-state index in [9.17, 15) is 9.90 Å². The fraction of sp³-hybridized carbons (Fsp3) is 0.581. The van der Waals surface area contributed by atoms with Crippen molar-refractivity contribution < 1.29 is 19.4 Å². The number of rotatable bonds is 8. The highest BCUT2D eigenvalue weighted by atomic mass is 16.6. The lowest BCUT2D eigenvalue weighted by atomic mass is 9.55. The molecule has 0 spiro atoms. The number of hydrogen-bond donors (Lipinski definition) is 1. The first-order chi connectivity index (χ1) is 17.2. The van der Waals surface area contributed by atoms with Gasteiger partial charge in [-0.05, 0) is 68.7 Å². The largest absolute Gasteiger partial charge is 0.490 e. The van der Waals surface area contributed by atoms with E-state index in [-0.39, 0.29) is 42.0 Å². The molecule has 1 saturated heterocycles. The van der Waals surface area contributed by atoms with Crippen LogP contribution in [-0.2, 0) is 9.53 Å². The summed E-state index contributed by atoms with van der Waals surface area (Å²) in [5.41, 5.74) is 1.57. The Morgan fingerprint density at radius 3 is 2.81 bits per heavy atom. The molecular weight excluding hydrogens is 450 g/mol. The number of carbonyl (C=O) groups excluding carboxylic acids is 1. The molecular formula is C31H41NO4. The topological polar surface area (TPSA) is 59.0 Å². The van der Waals surface area contributed by atoms with Crippen LogP contribution >= 0.6 is 0 Å². The van der Waals surface area contributed by atoms with Crippen molar-refractivity contribution in [2.75, 3.05) is 19.7 Å². The molecule has 5 nitrogen and oxygen atoms in total. The summed E-state index contributed by atoms with van der Waals surface area (Å²) >= 11 is 0. The first kappa shape index (κ1) is 25.3. The normalized spacial score (nSPS) is 30.8. The molecule has 3 aliphatic rings. The summed E-state index contributed by atoms with van der Waals surface area (Å²) in [6.45, 7) is 12.3. The van der Waals surface area contributed by atoms with Gasteiger partial charge in [-0.2, -0.15) is 0 Å². The molecule has 0 amide bonds. The lowest BCUT2D eigenvalue weighted by molar-refractivity contribution is -0.146. The van der Waals surface area contributed by atoms with Crippen LogP contribution in [0, 0.1) is 23.2 Å². The number of allylic oxidation sites excluding steroid dienone is 1. The second kappa shape index (κ2) is 10.2. The average Bonchev–Trinajstić information content (AvgIpc) is 3.14. The van der Waals surface area contributed by atoms with Crippen LogP contribution in [0.1, 0.15) is 52.9 Å². The minimum absolute atomic E-state index is 0.0169. The second-order valence-corrected chi connectivity index (χ2v) is 11.9. The predicted molar refractivity (Wildman–Crippen MR) is 143 cm³/mol. The van der Waals surface area contributed by atoms with Gasteiger partial charge in [0.25, 0.3) is 0 Å². The van der Waals surface area contributed by atoms with Crippen LogP contribution in [0.25, 0.3) is 10.8 Å². The minimum Gasteiger partial charge on any atom is -0.490 e. The van der Waals surface area contributed by atoms with Crippen LogP contribution in [0.2, 0.25) is 0 Å². The van der Waals surface area contributed by atoms with E-state index < -0.39 is 6.10 Å². The lowest BCUT2D eigenvalue weighted by Gasteiger charge is -2.50. The Morgan fingerprint density at radius 2 is 2.00 bits per heavy atom. The second-order valence-electron chi connectivity index (χ2n) is 11.9. The molecule has 1 N–H and O–H groups in total. The molecule has 3 fully saturated rings. The van der Waals surface area contributed by atoms with E-state index in [2.05, 4.69) is 44.4 Å². The highest BCUT2D eigenvalue weighted by molar-refractivity contribution is 5.88. The van der Waals surface area contributed by atoms with Crippen molar-refractivity contribution in [2.45, 2.75) is 71.1 Å². The van der Waals surface area contributed by atoms with Gasteiger partial charge >= 0.3 is 5.97 Å². The first-order valence-electron chi connectivity index (χ1n) is 13.7. The van der Waals surface area contributed by atoms with E-state index in [0.29, 0.717) is 19.0 Å². The monoisotopic (exact) mass is 491 g/mol. The van der Waals surface area contributed by atoms with Gasteiger partial charge in [0.15, 0.2) is 0 Å². The quantitative estimate of drug-likeness (QED) is 0.385. The number of fused-ring (bicyclic) bond motifs is 3. The van der Waals surface area contributed by atoms with Crippen molar-refractivity contribution in [3.05, 3.63) is 54.6 Å². The zero-order valence-electron chi connectivity index (χ0n) is 22.0. The predicted octanol–water partition coefficient (Wildman–Crippen LogP) is 5.60. The maximum atomic E-state index is 13.1. The smallest absolute Gasteiger partial charge is 0.310 e. The summed E-state index contributed by atoms with van der Waals surface area (Å²) in [4.78, 5) is 15.3. The Kier molecular flexibility index (Phi) is 7.15. The molecule has 0 radical (unpaired) electrons. The Balaban J connectivity index is 1.23. The van der Waals surface area contributed by atoms with Crippen molar-refractivity contribution in [2.24, 2.45) is 23.2 Å². The summed E-state index contributed by atoms with van der Waals surface area (Å²) in [5, 5.41) is 13.1. The molecule has 1 aliphatic heterocycles. The first-order valence-corrected chi connectivity index (χ1v) is 13.7. The van der Waals surface area contributed by atoms with Gasteiger partial charge in [0.05, 0.1) is 5.92 Å². The summed E-state index contributed by atoms with van der Waals surface area (Å²) < 4.78 is 12.0. The van der Waals surface area contributed by atoms with Gasteiger partial charge in [0, 0.05) is 30.4 Å². The molecule has 2 aromatic rings. The summed E-state index contributed by atoms with van der Waals surface area (Å²) in [6, 6.07) is 14.3. The van der Waals surface area contributed by atoms with Crippen molar-refractivity contribution >= 4 is 16.7 Å². The summed E-state index contributed by atoms with van der Waals surface area (Å²) in [6.07, 6.45) is 4.81. The molecule has 194 valence electrons. The van der Waals surface area contributed by atoms with Gasteiger partial charge in [-0.15, -0.1) is 0 Å². The Morgan fingerprint density at radius 1 is 1.22 bits per heavy atom. The number of nitrogens with zero attached hydrogens (tertiary/aromatic N) is 1. The molecule has 2 saturated carbocycles. The Bertz CT molecular complexity index is 1110. The number of aliphatic hydroxyl groups is 1. The minimum atomic E-state index is -0.660. The standard InChI is InChI=1S/C31H41NO4/c1-20(2)32(17-23(33)19-35-28-13-7-11-22-10-5-6-12-24(22)28)18-26-25-15-27-21(3)9-8-14-31(27,4)16-29(25)36-30(26)34/h5-7,10-13,20,23,25-27,29,33H,3,8-9,14-19H2,1-2,4H3. The van der Waals surface area contributed by atoms with Gasteiger partial charge in [-0.25, -0.2) is 0 Å². The van der Waals surface area contributed by atoms with Crippen LogP contribution in [0.5, 0.6) is 5.75 Å². The lowest BCUT2D eigenvalue weighted by Crippen LogP contribution is -2.47. The third-order valence-electron chi connectivity index (χ3n) is 9.11. The van der Waals surface area contributed by atoms with Crippen molar-refractivity contribution in [1.29, 1.82) is 0 Å². The summed E-state index contributed by atoms with van der Waals surface area (Å²) in [5.74, 6) is 1.28. The van der Waals surface area contributed by atoms with Crippen molar-refractivity contribution in [3.8, 4) is 5.75 Å².